The second kappa shape index (κ2) is 25.6. The third-order valence-corrected chi connectivity index (χ3v) is 8.21. The summed E-state index contributed by atoms with van der Waals surface area (Å²) in [5, 5.41) is 13.3. The van der Waals surface area contributed by atoms with Crippen molar-refractivity contribution >= 4 is 42.0 Å². The van der Waals surface area contributed by atoms with Crippen LogP contribution >= 0.6 is 0 Å². The maximum Gasteiger partial charge on any atom is 0.419 e. The van der Waals surface area contributed by atoms with Crippen LogP contribution in [0.15, 0.2) is 12.5 Å². The van der Waals surface area contributed by atoms with Crippen LogP contribution in [0.25, 0.3) is 0 Å². The molecule has 9 N–H and O–H groups in total. The van der Waals surface area contributed by atoms with Gasteiger partial charge in [0, 0.05) is 19.2 Å². The van der Waals surface area contributed by atoms with E-state index in [9.17, 15) is 33.6 Å². The van der Waals surface area contributed by atoms with Gasteiger partial charge in [0.15, 0.2) is 0 Å². The molecule has 20 heteroatoms. The van der Waals surface area contributed by atoms with Crippen LogP contribution in [0.2, 0.25) is 0 Å². The van der Waals surface area contributed by atoms with Gasteiger partial charge in [0.05, 0.1) is 12.8 Å². The summed E-state index contributed by atoms with van der Waals surface area (Å²) < 4.78 is 22.1. The molecule has 0 aliphatic rings. The van der Waals surface area contributed by atoms with E-state index in [1.165, 1.54) is 19.6 Å². The van der Waals surface area contributed by atoms with Gasteiger partial charge in [-0.2, -0.15) is 0 Å². The van der Waals surface area contributed by atoms with Crippen LogP contribution in [0.5, 0.6) is 0 Å². The zero-order chi connectivity index (χ0) is 45.7. The lowest BCUT2D eigenvalue weighted by Crippen LogP contribution is -2.58. The second-order valence-electron chi connectivity index (χ2n) is 17.4. The predicted octanol–water partition coefficient (Wildman–Crippen LogP) is 2.68. The number of carbonyl (C=O) groups is 7. The van der Waals surface area contributed by atoms with Crippen molar-refractivity contribution in [2.45, 2.75) is 167 Å². The summed E-state index contributed by atoms with van der Waals surface area (Å²) in [7, 11) is 1.19. The van der Waals surface area contributed by atoms with Gasteiger partial charge >= 0.3 is 24.2 Å². The van der Waals surface area contributed by atoms with E-state index in [1.807, 2.05) is 0 Å². The molecule has 0 saturated heterocycles. The van der Waals surface area contributed by atoms with E-state index in [0.717, 1.165) is 4.57 Å². The molecule has 4 atom stereocenters. The number of hydrogen-bond acceptors (Lipinski definition) is 14. The lowest BCUT2D eigenvalue weighted by molar-refractivity contribution is -0.145. The number of imidazole rings is 1. The number of amides is 5. The average molecular weight is 854 g/mol. The second-order valence-corrected chi connectivity index (χ2v) is 17.4. The fourth-order valence-electron chi connectivity index (χ4n) is 5.46. The molecule has 1 aromatic rings. The SMILES string of the molecule is COC(=O)C(CCCCN)NC(=O)C(CCCCNC(=O)OC(C)(C)C)NC(=O)C(Cc1cn(C(=O)OC(C)(C)C)cn1)NC(=O)[C@H](CCCCN)NC(=O)OC(C)(C)C. The van der Waals surface area contributed by atoms with Crippen molar-refractivity contribution in [3.63, 3.8) is 0 Å². The van der Waals surface area contributed by atoms with Gasteiger partial charge in [0.2, 0.25) is 17.7 Å². The Morgan fingerprint density at radius 2 is 1.07 bits per heavy atom. The van der Waals surface area contributed by atoms with E-state index in [-0.39, 0.29) is 37.9 Å². The number of ether oxygens (including phenoxy) is 4. The standard InChI is InChI=1S/C40H71N9O11/c1-38(2,3)58-35(54)43-22-16-13-18-27(31(50)46-29(34(53)57-10)19-12-15-21-42)45-33(52)30(23-26-24-49(25-44-26)37(56)60-40(7,8)9)47-32(51)28(17-11-14-20-41)48-36(55)59-39(4,5)6/h24-25,27-30H,11-23,41-42H2,1-10H3,(H,43,54)(H,45,52)(H,46,50)(H,47,51)(H,48,55)/t27?,28-,29?,30?/m0/s1. The Labute approximate surface area is 354 Å². The highest BCUT2D eigenvalue weighted by Gasteiger charge is 2.33. The topological polar surface area (TPSA) is 286 Å². The highest BCUT2D eigenvalue weighted by molar-refractivity contribution is 5.95. The minimum Gasteiger partial charge on any atom is -0.467 e. The molecule has 0 aliphatic carbocycles. The maximum atomic E-state index is 14.3. The lowest BCUT2D eigenvalue weighted by Gasteiger charge is -2.27. The summed E-state index contributed by atoms with van der Waals surface area (Å²) in [6.45, 7) is 16.2. The van der Waals surface area contributed by atoms with Gasteiger partial charge in [-0.1, -0.05) is 0 Å². The van der Waals surface area contributed by atoms with Gasteiger partial charge in [0.1, 0.15) is 47.3 Å². The fraction of sp³-hybridized carbons (Fsp3) is 0.750. The van der Waals surface area contributed by atoms with Gasteiger partial charge in [-0.15, -0.1) is 0 Å². The molecule has 0 aliphatic heterocycles. The molecule has 342 valence electrons. The fourth-order valence-corrected chi connectivity index (χ4v) is 5.46. The largest absolute Gasteiger partial charge is 0.467 e. The van der Waals surface area contributed by atoms with Crippen LogP contribution < -0.4 is 38.1 Å². The number of nitrogens with zero attached hydrogens (tertiary/aromatic N) is 2. The normalized spacial score (nSPS) is 13.7. The van der Waals surface area contributed by atoms with E-state index >= 15 is 0 Å². The highest BCUT2D eigenvalue weighted by atomic mass is 16.6. The van der Waals surface area contributed by atoms with Crippen LogP contribution in [-0.4, -0.2) is 119 Å². The van der Waals surface area contributed by atoms with Crippen molar-refractivity contribution in [1.82, 2.24) is 36.1 Å². The van der Waals surface area contributed by atoms with Gasteiger partial charge in [-0.3, -0.25) is 14.4 Å². The number of hydrogen-bond donors (Lipinski definition) is 7. The summed E-state index contributed by atoms with van der Waals surface area (Å²) in [6.07, 6.45) is 3.38. The first-order valence-corrected chi connectivity index (χ1v) is 20.5. The van der Waals surface area contributed by atoms with Crippen molar-refractivity contribution in [2.75, 3.05) is 26.7 Å². The quantitative estimate of drug-likeness (QED) is 0.0474. The molecule has 0 radical (unpaired) electrons. The molecular formula is C40H71N9O11. The Bertz CT molecular complexity index is 1550. The number of nitrogens with two attached hydrogens (primary N) is 2. The van der Waals surface area contributed by atoms with Gasteiger partial charge in [-0.05, 0) is 133 Å². The Hall–Kier alpha value is -4.98. The van der Waals surface area contributed by atoms with Crippen LogP contribution in [0, 0.1) is 0 Å². The highest BCUT2D eigenvalue weighted by Crippen LogP contribution is 2.13. The monoisotopic (exact) mass is 854 g/mol. The first kappa shape index (κ1) is 53.0. The van der Waals surface area contributed by atoms with Gasteiger partial charge in [-0.25, -0.2) is 28.7 Å². The van der Waals surface area contributed by atoms with E-state index in [2.05, 4.69) is 31.6 Å². The van der Waals surface area contributed by atoms with E-state index < -0.39 is 82.9 Å². The molecule has 0 aromatic carbocycles. The number of aromatic nitrogens is 2. The number of nitrogens with one attached hydrogen (secondary N) is 5. The van der Waals surface area contributed by atoms with Crippen LogP contribution in [-0.2, 0) is 44.5 Å². The van der Waals surface area contributed by atoms with Gasteiger partial charge < -0.3 is 57.0 Å². The Kier molecular flexibility index (Phi) is 22.6. The molecule has 0 spiro atoms. The van der Waals surface area contributed by atoms with Crippen molar-refractivity contribution in [2.24, 2.45) is 11.5 Å². The van der Waals surface area contributed by atoms with Crippen LogP contribution in [0.1, 0.15) is 126 Å². The number of alkyl carbamates (subject to hydrolysis) is 2. The maximum absolute atomic E-state index is 14.3. The van der Waals surface area contributed by atoms with Gasteiger partial charge in [0.25, 0.3) is 0 Å². The smallest absolute Gasteiger partial charge is 0.419 e. The Morgan fingerprint density at radius 1 is 0.617 bits per heavy atom. The number of rotatable bonds is 23. The molecule has 3 unspecified atom stereocenters. The molecular weight excluding hydrogens is 782 g/mol. The summed E-state index contributed by atoms with van der Waals surface area (Å²) in [5.74, 6) is -2.92. The first-order valence-electron chi connectivity index (χ1n) is 20.5. The zero-order valence-electron chi connectivity index (χ0n) is 37.2. The Balaban J connectivity index is 3.52. The molecule has 5 amide bonds. The molecule has 1 heterocycles. The molecule has 0 bridgehead atoms. The summed E-state index contributed by atoms with van der Waals surface area (Å²) in [6, 6.07) is -4.82. The molecule has 20 nitrogen and oxygen atoms in total. The summed E-state index contributed by atoms with van der Waals surface area (Å²) in [5.41, 5.74) is 9.16. The van der Waals surface area contributed by atoms with Crippen LogP contribution in [0.4, 0.5) is 14.4 Å². The molecule has 0 fully saturated rings. The van der Waals surface area contributed by atoms with Crippen LogP contribution in [0.3, 0.4) is 0 Å². The number of methoxy groups -OCH3 is 1. The van der Waals surface area contributed by atoms with Crippen molar-refractivity contribution in [1.29, 1.82) is 0 Å². The average Bonchev–Trinajstić information content (AvgIpc) is 3.59. The minimum atomic E-state index is -1.40. The molecule has 0 saturated carbocycles. The Morgan fingerprint density at radius 3 is 1.58 bits per heavy atom. The first-order chi connectivity index (χ1) is 27.9. The lowest BCUT2D eigenvalue weighted by atomic mass is 10.0. The number of esters is 1. The van der Waals surface area contributed by atoms with E-state index in [0.29, 0.717) is 51.6 Å². The third-order valence-electron chi connectivity index (χ3n) is 8.21. The minimum absolute atomic E-state index is 0.0557. The predicted molar refractivity (Wildman–Crippen MR) is 222 cm³/mol. The molecule has 1 aromatic heterocycles. The van der Waals surface area contributed by atoms with E-state index in [1.54, 1.807) is 62.3 Å². The number of carbonyl (C=O) groups excluding carboxylic acids is 7. The molecule has 60 heavy (non-hydrogen) atoms. The number of unbranched alkanes of at least 4 members (excludes halogenated alkanes) is 3. The zero-order valence-corrected chi connectivity index (χ0v) is 37.2. The summed E-state index contributed by atoms with van der Waals surface area (Å²) in [4.78, 5) is 96.8. The summed E-state index contributed by atoms with van der Waals surface area (Å²) >= 11 is 0. The van der Waals surface area contributed by atoms with Crippen molar-refractivity contribution < 1.29 is 52.5 Å². The molecule has 1 rings (SSSR count). The van der Waals surface area contributed by atoms with Crippen molar-refractivity contribution in [3.05, 3.63) is 18.2 Å². The van der Waals surface area contributed by atoms with E-state index in [4.69, 9.17) is 30.4 Å². The van der Waals surface area contributed by atoms with Crippen molar-refractivity contribution in [3.8, 4) is 0 Å². The third kappa shape index (κ3) is 23.0.